The second-order valence-electron chi connectivity index (χ2n) is 5.48. The number of rotatable bonds is 6. The van der Waals surface area contributed by atoms with Crippen LogP contribution in [0.1, 0.15) is 38.8 Å². The number of carboxylic acids is 1. The van der Waals surface area contributed by atoms with Crippen LogP contribution in [0.2, 0.25) is 0 Å². The quantitative estimate of drug-likeness (QED) is 0.784. The number of amides is 1. The van der Waals surface area contributed by atoms with Crippen molar-refractivity contribution >= 4 is 33.2 Å². The van der Waals surface area contributed by atoms with E-state index in [1.807, 2.05) is 0 Å². The van der Waals surface area contributed by atoms with Crippen molar-refractivity contribution in [1.29, 1.82) is 0 Å². The molecule has 0 atom stereocenters. The van der Waals surface area contributed by atoms with Crippen LogP contribution in [0.3, 0.4) is 0 Å². The number of aromatic carboxylic acids is 1. The molecule has 1 aliphatic rings. The summed E-state index contributed by atoms with van der Waals surface area (Å²) in [4.78, 5) is 23.2. The molecule has 2 aromatic rings. The van der Waals surface area contributed by atoms with E-state index in [1.54, 1.807) is 5.38 Å². The molecule has 1 aliphatic heterocycles. The first-order valence-electron chi connectivity index (χ1n) is 7.57. The molecule has 0 unspecified atom stereocenters. The zero-order chi connectivity index (χ0) is 18.0. The molecule has 3 heterocycles. The first-order valence-corrected chi connectivity index (χ1v) is 9.89. The van der Waals surface area contributed by atoms with Gasteiger partial charge in [-0.15, -0.1) is 11.3 Å². The van der Waals surface area contributed by atoms with Gasteiger partial charge in [-0.3, -0.25) is 4.79 Å². The van der Waals surface area contributed by atoms with Gasteiger partial charge in [0.05, 0.1) is 6.54 Å². The van der Waals surface area contributed by atoms with E-state index in [2.05, 4.69) is 5.32 Å². The van der Waals surface area contributed by atoms with E-state index in [1.165, 1.54) is 22.5 Å². The van der Waals surface area contributed by atoms with Crippen LogP contribution < -0.4 is 5.32 Å². The molecule has 0 spiro atoms. The van der Waals surface area contributed by atoms with Crippen LogP contribution in [0.5, 0.6) is 0 Å². The van der Waals surface area contributed by atoms with E-state index in [4.69, 9.17) is 9.52 Å². The summed E-state index contributed by atoms with van der Waals surface area (Å²) in [5, 5.41) is 12.9. The molecule has 2 N–H and O–H groups in total. The third-order valence-corrected chi connectivity index (χ3v) is 6.80. The van der Waals surface area contributed by atoms with E-state index < -0.39 is 21.9 Å². The Morgan fingerprint density at radius 3 is 2.60 bits per heavy atom. The Kier molecular flexibility index (Phi) is 4.93. The number of hydrogen-bond donors (Lipinski definition) is 2. The molecule has 1 fully saturated rings. The van der Waals surface area contributed by atoms with Crippen molar-refractivity contribution in [2.45, 2.75) is 24.3 Å². The molecule has 0 bridgehead atoms. The highest BCUT2D eigenvalue weighted by atomic mass is 32.2. The zero-order valence-electron chi connectivity index (χ0n) is 13.1. The minimum Gasteiger partial charge on any atom is -0.475 e. The lowest BCUT2D eigenvalue weighted by molar-refractivity contribution is 0.0660. The first kappa shape index (κ1) is 17.6. The van der Waals surface area contributed by atoms with Crippen molar-refractivity contribution < 1.29 is 27.5 Å². The van der Waals surface area contributed by atoms with E-state index in [9.17, 15) is 18.0 Å². The van der Waals surface area contributed by atoms with Gasteiger partial charge in [-0.25, -0.2) is 13.2 Å². The van der Waals surface area contributed by atoms with Gasteiger partial charge in [0.2, 0.25) is 15.8 Å². The first-order chi connectivity index (χ1) is 11.9. The minimum atomic E-state index is -3.68. The summed E-state index contributed by atoms with van der Waals surface area (Å²) < 4.78 is 31.7. The van der Waals surface area contributed by atoms with Crippen LogP contribution in [-0.4, -0.2) is 42.8 Å². The van der Waals surface area contributed by atoms with Gasteiger partial charge in [-0.05, 0) is 36.4 Å². The molecule has 8 nitrogen and oxygen atoms in total. The molecule has 0 aliphatic carbocycles. The molecule has 0 radical (unpaired) electrons. The van der Waals surface area contributed by atoms with Crippen LogP contribution in [0, 0.1) is 0 Å². The van der Waals surface area contributed by atoms with Gasteiger partial charge < -0.3 is 14.8 Å². The third kappa shape index (κ3) is 3.60. The summed E-state index contributed by atoms with van der Waals surface area (Å²) in [7, 11) is -3.68. The SMILES string of the molecule is O=C(O)c1ccc(CNC(=O)c2sccc2S(=O)(=O)N2CCCC2)o1. The van der Waals surface area contributed by atoms with Crippen molar-refractivity contribution in [2.75, 3.05) is 13.1 Å². The molecule has 0 aromatic carbocycles. The number of carboxylic acid groups (broad SMARTS) is 1. The third-order valence-electron chi connectivity index (χ3n) is 3.81. The smallest absolute Gasteiger partial charge is 0.371 e. The lowest BCUT2D eigenvalue weighted by Gasteiger charge is -2.15. The number of nitrogens with one attached hydrogen (secondary N) is 1. The Morgan fingerprint density at radius 2 is 1.96 bits per heavy atom. The largest absolute Gasteiger partial charge is 0.475 e. The second kappa shape index (κ2) is 6.98. The van der Waals surface area contributed by atoms with Crippen LogP contribution in [0.15, 0.2) is 32.9 Å². The van der Waals surface area contributed by atoms with E-state index >= 15 is 0 Å². The summed E-state index contributed by atoms with van der Waals surface area (Å²) in [6.07, 6.45) is 1.63. The Hall–Kier alpha value is -2.17. The summed E-state index contributed by atoms with van der Waals surface area (Å²) >= 11 is 1.05. The molecule has 1 saturated heterocycles. The number of furan rings is 1. The molecule has 10 heteroatoms. The van der Waals surface area contributed by atoms with Gasteiger partial charge in [0.1, 0.15) is 15.5 Å². The normalized spacial score (nSPS) is 15.4. The number of hydrogen-bond acceptors (Lipinski definition) is 6. The Labute approximate surface area is 148 Å². The van der Waals surface area contributed by atoms with E-state index in [0.29, 0.717) is 13.1 Å². The van der Waals surface area contributed by atoms with Crippen molar-refractivity contribution in [3.05, 3.63) is 40.0 Å². The summed E-state index contributed by atoms with van der Waals surface area (Å²) in [5.41, 5.74) is 0. The van der Waals surface area contributed by atoms with Gasteiger partial charge in [-0.2, -0.15) is 4.31 Å². The monoisotopic (exact) mass is 384 g/mol. The molecular weight excluding hydrogens is 368 g/mol. The highest BCUT2D eigenvalue weighted by Gasteiger charge is 2.31. The lowest BCUT2D eigenvalue weighted by atomic mass is 10.4. The standard InChI is InChI=1S/C15H16N2O6S2/c18-14(16-9-10-3-4-11(23-10)15(19)20)13-12(5-8-24-13)25(21,22)17-6-1-2-7-17/h3-5,8H,1-2,6-7,9H2,(H,16,18)(H,19,20). The Bertz CT molecular complexity index is 893. The van der Waals surface area contributed by atoms with Crippen molar-refractivity contribution in [1.82, 2.24) is 9.62 Å². The fourth-order valence-corrected chi connectivity index (χ4v) is 5.40. The van der Waals surface area contributed by atoms with Crippen molar-refractivity contribution in [3.8, 4) is 0 Å². The molecule has 134 valence electrons. The zero-order valence-corrected chi connectivity index (χ0v) is 14.7. The predicted octanol–water partition coefficient (Wildman–Crippen LogP) is 1.75. The van der Waals surface area contributed by atoms with Gasteiger partial charge in [0, 0.05) is 13.1 Å². The number of carbonyl (C=O) groups is 2. The summed E-state index contributed by atoms with van der Waals surface area (Å²) in [6.45, 7) is 0.889. The van der Waals surface area contributed by atoms with Gasteiger partial charge in [0.25, 0.3) is 5.91 Å². The molecule has 2 aromatic heterocycles. The second-order valence-corrected chi connectivity index (χ2v) is 8.30. The highest BCUT2D eigenvalue weighted by molar-refractivity contribution is 7.89. The molecule has 1 amide bonds. The lowest BCUT2D eigenvalue weighted by Crippen LogP contribution is -2.30. The van der Waals surface area contributed by atoms with Gasteiger partial charge in [-0.1, -0.05) is 0 Å². The average Bonchev–Trinajstić information content (AvgIpc) is 3.33. The number of nitrogens with zero attached hydrogens (tertiary/aromatic N) is 1. The maximum Gasteiger partial charge on any atom is 0.371 e. The van der Waals surface area contributed by atoms with Crippen LogP contribution in [-0.2, 0) is 16.6 Å². The molecule has 0 saturated carbocycles. The van der Waals surface area contributed by atoms with E-state index in [-0.39, 0.29) is 27.8 Å². The van der Waals surface area contributed by atoms with Gasteiger partial charge >= 0.3 is 5.97 Å². The maximum atomic E-state index is 12.6. The van der Waals surface area contributed by atoms with Gasteiger partial charge in [0.15, 0.2) is 0 Å². The molecular formula is C15H16N2O6S2. The van der Waals surface area contributed by atoms with Crippen molar-refractivity contribution in [2.24, 2.45) is 0 Å². The minimum absolute atomic E-state index is 0.00238. The maximum absolute atomic E-state index is 12.6. The Balaban J connectivity index is 1.73. The summed E-state index contributed by atoms with van der Waals surface area (Å²) in [5.74, 6) is -1.69. The van der Waals surface area contributed by atoms with E-state index in [0.717, 1.165) is 24.2 Å². The topological polar surface area (TPSA) is 117 Å². The number of sulfonamides is 1. The Morgan fingerprint density at radius 1 is 1.24 bits per heavy atom. The van der Waals surface area contributed by atoms with Crippen LogP contribution >= 0.6 is 11.3 Å². The predicted molar refractivity (Wildman–Crippen MR) is 89.1 cm³/mol. The average molecular weight is 384 g/mol. The fourth-order valence-electron chi connectivity index (χ4n) is 2.57. The van der Waals surface area contributed by atoms with Crippen molar-refractivity contribution in [3.63, 3.8) is 0 Å². The highest BCUT2D eigenvalue weighted by Crippen LogP contribution is 2.27. The number of carbonyl (C=O) groups excluding carboxylic acids is 1. The van der Waals surface area contributed by atoms with Crippen LogP contribution in [0.4, 0.5) is 0 Å². The molecule has 25 heavy (non-hydrogen) atoms. The number of thiophene rings is 1. The molecule has 3 rings (SSSR count). The van der Waals surface area contributed by atoms with Crippen LogP contribution in [0.25, 0.3) is 0 Å². The fraction of sp³-hybridized carbons (Fsp3) is 0.333. The summed E-state index contributed by atoms with van der Waals surface area (Å²) in [6, 6.07) is 4.17.